The zero-order valence-electron chi connectivity index (χ0n) is 12.4. The van der Waals surface area contributed by atoms with Crippen LogP contribution in [0.3, 0.4) is 0 Å². The minimum atomic E-state index is 0.150. The first-order valence-electron chi connectivity index (χ1n) is 7.78. The zero-order chi connectivity index (χ0) is 13.8. The van der Waals surface area contributed by atoms with Crippen LogP contribution in [-0.2, 0) is 4.79 Å². The molecular formula is C15H29N3O. The number of carbonyl (C=O) groups is 1. The molecule has 3 N–H and O–H groups in total. The summed E-state index contributed by atoms with van der Waals surface area (Å²) in [6.45, 7) is 5.37. The van der Waals surface area contributed by atoms with Crippen molar-refractivity contribution in [1.29, 1.82) is 0 Å². The van der Waals surface area contributed by atoms with Gasteiger partial charge in [0.2, 0.25) is 5.91 Å². The predicted octanol–water partition coefficient (Wildman–Crippen LogP) is 1.21. The topological polar surface area (TPSA) is 58.4 Å². The van der Waals surface area contributed by atoms with E-state index >= 15 is 0 Å². The molecule has 0 aromatic heterocycles. The zero-order valence-corrected chi connectivity index (χ0v) is 12.4. The summed E-state index contributed by atoms with van der Waals surface area (Å²) in [6.07, 6.45) is 5.37. The van der Waals surface area contributed by atoms with Crippen LogP contribution in [0, 0.1) is 17.8 Å². The highest BCUT2D eigenvalue weighted by Crippen LogP contribution is 2.27. The Morgan fingerprint density at radius 2 is 1.95 bits per heavy atom. The van der Waals surface area contributed by atoms with Crippen LogP contribution in [0.4, 0.5) is 0 Å². The minimum absolute atomic E-state index is 0.150. The van der Waals surface area contributed by atoms with E-state index < -0.39 is 0 Å². The van der Waals surface area contributed by atoms with Crippen molar-refractivity contribution in [3.05, 3.63) is 0 Å². The summed E-state index contributed by atoms with van der Waals surface area (Å²) in [5.41, 5.74) is 6.08. The fraction of sp³-hybridized carbons (Fsp3) is 0.933. The normalized spacial score (nSPS) is 34.2. The highest BCUT2D eigenvalue weighted by molar-refractivity contribution is 5.78. The molecule has 2 fully saturated rings. The fourth-order valence-electron chi connectivity index (χ4n) is 3.25. The van der Waals surface area contributed by atoms with E-state index in [9.17, 15) is 4.79 Å². The van der Waals surface area contributed by atoms with Gasteiger partial charge in [0.05, 0.1) is 0 Å². The van der Waals surface area contributed by atoms with Crippen LogP contribution in [0.5, 0.6) is 0 Å². The molecule has 1 saturated carbocycles. The summed E-state index contributed by atoms with van der Waals surface area (Å²) >= 11 is 0. The van der Waals surface area contributed by atoms with Crippen molar-refractivity contribution in [2.45, 2.75) is 45.1 Å². The second-order valence-corrected chi connectivity index (χ2v) is 6.64. The summed E-state index contributed by atoms with van der Waals surface area (Å²) < 4.78 is 0. The first kappa shape index (κ1) is 14.8. The first-order chi connectivity index (χ1) is 9.06. The third-order valence-corrected chi connectivity index (χ3v) is 5.03. The molecule has 2 rings (SSSR count). The molecule has 1 aliphatic heterocycles. The van der Waals surface area contributed by atoms with Crippen LogP contribution in [0.15, 0.2) is 0 Å². The molecule has 1 saturated heterocycles. The minimum Gasteiger partial charge on any atom is -0.356 e. The summed E-state index contributed by atoms with van der Waals surface area (Å²) in [6, 6.07) is 0.202. The Bertz CT molecular complexity index is 300. The molecule has 19 heavy (non-hydrogen) atoms. The average Bonchev–Trinajstić information content (AvgIpc) is 2.41. The van der Waals surface area contributed by atoms with E-state index in [4.69, 9.17) is 5.73 Å². The summed E-state index contributed by atoms with van der Waals surface area (Å²) in [5, 5.41) is 3.16. The van der Waals surface area contributed by atoms with E-state index in [1.165, 1.54) is 12.8 Å². The van der Waals surface area contributed by atoms with Crippen molar-refractivity contribution in [1.82, 2.24) is 10.2 Å². The molecular weight excluding hydrogens is 238 g/mol. The van der Waals surface area contributed by atoms with Crippen molar-refractivity contribution in [2.75, 3.05) is 26.7 Å². The standard InChI is InChI=1S/C15H29N3O/c1-11-3-4-13(9-14(11)16)15(19)17-10-12-5-7-18(2)8-6-12/h11-14H,3-10,16H2,1-2H3,(H,17,19). The molecule has 0 aromatic carbocycles. The Labute approximate surface area is 117 Å². The Balaban J connectivity index is 1.69. The van der Waals surface area contributed by atoms with Crippen molar-refractivity contribution >= 4 is 5.91 Å². The van der Waals surface area contributed by atoms with E-state index in [1.807, 2.05) is 0 Å². The van der Waals surface area contributed by atoms with Crippen LogP contribution < -0.4 is 11.1 Å². The molecule has 3 atom stereocenters. The largest absolute Gasteiger partial charge is 0.356 e. The molecule has 4 heteroatoms. The highest BCUT2D eigenvalue weighted by Gasteiger charge is 2.29. The third kappa shape index (κ3) is 4.18. The van der Waals surface area contributed by atoms with Crippen molar-refractivity contribution in [2.24, 2.45) is 23.5 Å². The number of carbonyl (C=O) groups excluding carboxylic acids is 1. The Morgan fingerprint density at radius 1 is 1.26 bits per heavy atom. The van der Waals surface area contributed by atoms with E-state index in [2.05, 4.69) is 24.2 Å². The molecule has 1 amide bonds. The average molecular weight is 267 g/mol. The van der Waals surface area contributed by atoms with Crippen molar-refractivity contribution in [3.8, 4) is 0 Å². The van der Waals surface area contributed by atoms with Crippen LogP contribution in [0.2, 0.25) is 0 Å². The van der Waals surface area contributed by atoms with Crippen LogP contribution in [0.1, 0.15) is 39.0 Å². The number of likely N-dealkylation sites (tertiary alicyclic amines) is 1. The smallest absolute Gasteiger partial charge is 0.223 e. The molecule has 0 spiro atoms. The van der Waals surface area contributed by atoms with Gasteiger partial charge < -0.3 is 16.0 Å². The SMILES string of the molecule is CC1CCC(C(=O)NCC2CCN(C)CC2)CC1N. The lowest BCUT2D eigenvalue weighted by atomic mass is 9.79. The number of piperidine rings is 1. The van der Waals surface area contributed by atoms with E-state index in [1.54, 1.807) is 0 Å². The van der Waals surface area contributed by atoms with Gasteiger partial charge in [-0.15, -0.1) is 0 Å². The first-order valence-corrected chi connectivity index (χ1v) is 7.78. The van der Waals surface area contributed by atoms with Gasteiger partial charge in [-0.2, -0.15) is 0 Å². The molecule has 0 aromatic rings. The highest BCUT2D eigenvalue weighted by atomic mass is 16.1. The molecule has 110 valence electrons. The number of amides is 1. The van der Waals surface area contributed by atoms with Gasteiger partial charge in [0, 0.05) is 18.5 Å². The van der Waals surface area contributed by atoms with Crippen molar-refractivity contribution < 1.29 is 4.79 Å². The van der Waals surface area contributed by atoms with E-state index in [0.717, 1.165) is 38.9 Å². The van der Waals surface area contributed by atoms with Crippen LogP contribution >= 0.6 is 0 Å². The quantitative estimate of drug-likeness (QED) is 0.808. The monoisotopic (exact) mass is 267 g/mol. The number of nitrogens with zero attached hydrogens (tertiary/aromatic N) is 1. The predicted molar refractivity (Wildman–Crippen MR) is 77.7 cm³/mol. The van der Waals surface area contributed by atoms with E-state index in [0.29, 0.717) is 11.8 Å². The summed E-state index contributed by atoms with van der Waals surface area (Å²) in [7, 11) is 2.17. The molecule has 3 unspecified atom stereocenters. The van der Waals surface area contributed by atoms with Gasteiger partial charge in [-0.25, -0.2) is 0 Å². The number of hydrogen-bond acceptors (Lipinski definition) is 3. The molecule has 2 aliphatic rings. The lowest BCUT2D eigenvalue weighted by molar-refractivity contribution is -0.126. The second-order valence-electron chi connectivity index (χ2n) is 6.64. The van der Waals surface area contributed by atoms with E-state index in [-0.39, 0.29) is 17.9 Å². The van der Waals surface area contributed by atoms with Crippen LogP contribution in [-0.4, -0.2) is 43.5 Å². The number of rotatable bonds is 3. The Morgan fingerprint density at radius 3 is 2.58 bits per heavy atom. The van der Waals surface area contributed by atoms with Gasteiger partial charge in [-0.3, -0.25) is 4.79 Å². The third-order valence-electron chi connectivity index (χ3n) is 5.03. The Kier molecular flexibility index (Phi) is 5.22. The maximum Gasteiger partial charge on any atom is 0.223 e. The van der Waals surface area contributed by atoms with Crippen LogP contribution in [0.25, 0.3) is 0 Å². The van der Waals surface area contributed by atoms with Gasteiger partial charge in [0.15, 0.2) is 0 Å². The van der Waals surface area contributed by atoms with Gasteiger partial charge in [0.25, 0.3) is 0 Å². The molecule has 1 heterocycles. The maximum absolute atomic E-state index is 12.2. The van der Waals surface area contributed by atoms with Gasteiger partial charge in [0.1, 0.15) is 0 Å². The lowest BCUT2D eigenvalue weighted by Gasteiger charge is -2.32. The molecule has 4 nitrogen and oxygen atoms in total. The number of nitrogens with two attached hydrogens (primary N) is 1. The summed E-state index contributed by atoms with van der Waals surface area (Å²) in [5.74, 6) is 1.62. The molecule has 0 radical (unpaired) electrons. The van der Waals surface area contributed by atoms with Crippen molar-refractivity contribution in [3.63, 3.8) is 0 Å². The molecule has 1 aliphatic carbocycles. The fourth-order valence-corrected chi connectivity index (χ4v) is 3.25. The lowest BCUT2D eigenvalue weighted by Crippen LogP contribution is -2.43. The van der Waals surface area contributed by atoms with Gasteiger partial charge in [-0.05, 0) is 64.1 Å². The second kappa shape index (κ2) is 6.71. The Hall–Kier alpha value is -0.610. The maximum atomic E-state index is 12.2. The number of hydrogen-bond donors (Lipinski definition) is 2. The van der Waals surface area contributed by atoms with Gasteiger partial charge >= 0.3 is 0 Å². The molecule has 0 bridgehead atoms. The van der Waals surface area contributed by atoms with Gasteiger partial charge in [-0.1, -0.05) is 6.92 Å². The number of nitrogens with one attached hydrogen (secondary N) is 1. The summed E-state index contributed by atoms with van der Waals surface area (Å²) in [4.78, 5) is 14.5.